The van der Waals surface area contributed by atoms with E-state index in [1.165, 1.54) is 11.8 Å². The second-order valence-corrected chi connectivity index (χ2v) is 9.71. The third-order valence-corrected chi connectivity index (χ3v) is 7.23. The molecule has 0 aliphatic heterocycles. The van der Waals surface area contributed by atoms with Gasteiger partial charge in [0.25, 0.3) is 0 Å². The first-order valence-corrected chi connectivity index (χ1v) is 11.8. The van der Waals surface area contributed by atoms with Crippen LogP contribution in [0, 0.1) is 11.3 Å². The van der Waals surface area contributed by atoms with Crippen molar-refractivity contribution in [2.24, 2.45) is 0 Å². The number of nitrogens with one attached hydrogen (secondary N) is 1. The summed E-state index contributed by atoms with van der Waals surface area (Å²) < 4.78 is 1.99. The van der Waals surface area contributed by atoms with Crippen molar-refractivity contribution in [2.75, 3.05) is 0 Å². The van der Waals surface area contributed by atoms with Crippen molar-refractivity contribution < 1.29 is 4.79 Å². The Kier molecular flexibility index (Phi) is 6.21. The molecule has 0 spiro atoms. The lowest BCUT2D eigenvalue weighted by atomic mass is 9.83. The fourth-order valence-corrected chi connectivity index (χ4v) is 5.26. The Labute approximate surface area is 184 Å². The third-order valence-electron chi connectivity index (χ3n) is 5.32. The number of carbonyl (C=O) groups is 1. The van der Waals surface area contributed by atoms with Crippen molar-refractivity contribution in [3.63, 3.8) is 0 Å². The Bertz CT molecular complexity index is 1030. The van der Waals surface area contributed by atoms with Crippen LogP contribution in [0.3, 0.4) is 0 Å². The molecular formula is C22H23N5OS2. The van der Waals surface area contributed by atoms with Gasteiger partial charge in [-0.25, -0.2) is 0 Å². The van der Waals surface area contributed by atoms with E-state index in [9.17, 15) is 10.1 Å². The van der Waals surface area contributed by atoms with E-state index < -0.39 is 10.8 Å². The molecule has 1 saturated carbocycles. The van der Waals surface area contributed by atoms with Crippen molar-refractivity contribution in [3.05, 3.63) is 47.8 Å². The molecule has 1 amide bonds. The van der Waals surface area contributed by atoms with E-state index in [0.29, 0.717) is 5.16 Å². The molecule has 8 heteroatoms. The van der Waals surface area contributed by atoms with Gasteiger partial charge in [0.15, 0.2) is 11.0 Å². The quantitative estimate of drug-likeness (QED) is 0.559. The van der Waals surface area contributed by atoms with Crippen molar-refractivity contribution in [3.8, 4) is 22.5 Å². The molecule has 0 unspecified atom stereocenters. The first kappa shape index (κ1) is 20.6. The molecule has 1 fully saturated rings. The largest absolute Gasteiger partial charge is 0.337 e. The van der Waals surface area contributed by atoms with E-state index in [0.717, 1.165) is 48.5 Å². The van der Waals surface area contributed by atoms with Crippen LogP contribution in [0.5, 0.6) is 0 Å². The summed E-state index contributed by atoms with van der Waals surface area (Å²) in [6, 6.07) is 16.3. The van der Waals surface area contributed by atoms with Gasteiger partial charge < -0.3 is 5.32 Å². The van der Waals surface area contributed by atoms with Gasteiger partial charge in [-0.05, 0) is 43.3 Å². The standard InChI is InChI=1S/C22H23N5OS2/c1-16(20(28)24-22(15-23)12-6-3-7-13-22)30-21-26-25-19(18-11-8-14-29-18)27(21)17-9-4-2-5-10-17/h2,4-5,8-11,14,16H,3,6-7,12-13H2,1H3,(H,24,28)/t16-/m1/s1. The van der Waals surface area contributed by atoms with Gasteiger partial charge in [-0.15, -0.1) is 21.5 Å². The number of hydrogen-bond donors (Lipinski definition) is 1. The number of nitrogens with zero attached hydrogens (tertiary/aromatic N) is 4. The van der Waals surface area contributed by atoms with Gasteiger partial charge >= 0.3 is 0 Å². The number of thioether (sulfide) groups is 1. The maximum absolute atomic E-state index is 12.9. The van der Waals surface area contributed by atoms with E-state index in [4.69, 9.17) is 0 Å². The van der Waals surface area contributed by atoms with Gasteiger partial charge in [0.2, 0.25) is 5.91 Å². The van der Waals surface area contributed by atoms with Crippen LogP contribution in [0.2, 0.25) is 0 Å². The Hall–Kier alpha value is -2.63. The molecule has 0 saturated heterocycles. The molecule has 2 aromatic heterocycles. The number of aromatic nitrogens is 3. The van der Waals surface area contributed by atoms with Crippen LogP contribution in [-0.2, 0) is 4.79 Å². The fraction of sp³-hybridized carbons (Fsp3) is 0.364. The lowest BCUT2D eigenvalue weighted by Crippen LogP contribution is -2.50. The summed E-state index contributed by atoms with van der Waals surface area (Å²) in [5, 5.41) is 23.7. The number of para-hydroxylation sites is 1. The molecule has 3 aromatic rings. The third kappa shape index (κ3) is 4.27. The lowest BCUT2D eigenvalue weighted by molar-refractivity contribution is -0.121. The van der Waals surface area contributed by atoms with Crippen LogP contribution in [-0.4, -0.2) is 31.5 Å². The average Bonchev–Trinajstić information content (AvgIpc) is 3.45. The van der Waals surface area contributed by atoms with Gasteiger partial charge in [-0.3, -0.25) is 9.36 Å². The van der Waals surface area contributed by atoms with Crippen LogP contribution < -0.4 is 5.32 Å². The Balaban J connectivity index is 1.58. The Morgan fingerprint density at radius 2 is 1.97 bits per heavy atom. The highest BCUT2D eigenvalue weighted by Gasteiger charge is 2.35. The molecule has 1 aromatic carbocycles. The van der Waals surface area contributed by atoms with Crippen molar-refractivity contribution in [1.82, 2.24) is 20.1 Å². The summed E-state index contributed by atoms with van der Waals surface area (Å²) in [4.78, 5) is 13.9. The average molecular weight is 438 g/mol. The number of thiophene rings is 1. The van der Waals surface area contributed by atoms with Gasteiger partial charge in [0, 0.05) is 5.69 Å². The smallest absolute Gasteiger partial charge is 0.234 e. The summed E-state index contributed by atoms with van der Waals surface area (Å²) >= 11 is 2.96. The summed E-state index contributed by atoms with van der Waals surface area (Å²) in [6.45, 7) is 1.85. The zero-order valence-electron chi connectivity index (χ0n) is 16.7. The minimum Gasteiger partial charge on any atom is -0.337 e. The molecule has 1 atom stereocenters. The number of nitriles is 1. The van der Waals surface area contributed by atoms with Gasteiger partial charge in [-0.1, -0.05) is 55.3 Å². The second kappa shape index (κ2) is 9.02. The van der Waals surface area contributed by atoms with Crippen molar-refractivity contribution in [1.29, 1.82) is 5.26 Å². The van der Waals surface area contributed by atoms with Gasteiger partial charge in [0.1, 0.15) is 5.54 Å². The summed E-state index contributed by atoms with van der Waals surface area (Å²) in [5.74, 6) is 0.621. The summed E-state index contributed by atoms with van der Waals surface area (Å²) in [5.41, 5.74) is 0.209. The summed E-state index contributed by atoms with van der Waals surface area (Å²) in [6.07, 6.45) is 4.50. The van der Waals surface area contributed by atoms with E-state index >= 15 is 0 Å². The Morgan fingerprint density at radius 3 is 2.63 bits per heavy atom. The van der Waals surface area contributed by atoms with Crippen LogP contribution in [0.1, 0.15) is 39.0 Å². The number of rotatable bonds is 6. The highest BCUT2D eigenvalue weighted by Crippen LogP contribution is 2.33. The maximum Gasteiger partial charge on any atom is 0.234 e. The molecule has 1 aliphatic carbocycles. The monoisotopic (exact) mass is 437 g/mol. The summed E-state index contributed by atoms with van der Waals surface area (Å²) in [7, 11) is 0. The minimum absolute atomic E-state index is 0.135. The van der Waals surface area contributed by atoms with Crippen molar-refractivity contribution >= 4 is 29.0 Å². The van der Waals surface area contributed by atoms with E-state index in [2.05, 4.69) is 21.6 Å². The molecule has 1 aliphatic rings. The van der Waals surface area contributed by atoms with Gasteiger partial charge in [-0.2, -0.15) is 5.26 Å². The maximum atomic E-state index is 12.9. The second-order valence-electron chi connectivity index (χ2n) is 7.46. The fourth-order valence-electron chi connectivity index (χ4n) is 3.69. The number of amides is 1. The minimum atomic E-state index is -0.737. The molecule has 2 heterocycles. The molecule has 154 valence electrons. The van der Waals surface area contributed by atoms with E-state index in [1.807, 2.05) is 59.3 Å². The predicted molar refractivity (Wildman–Crippen MR) is 120 cm³/mol. The zero-order chi connectivity index (χ0) is 21.0. The molecule has 0 bridgehead atoms. The number of carbonyl (C=O) groups excluding carboxylic acids is 1. The zero-order valence-corrected chi connectivity index (χ0v) is 18.4. The van der Waals surface area contributed by atoms with Crippen LogP contribution in [0.25, 0.3) is 16.4 Å². The van der Waals surface area contributed by atoms with Crippen molar-refractivity contribution in [2.45, 2.75) is 55.0 Å². The molecule has 1 N–H and O–H groups in total. The molecule has 30 heavy (non-hydrogen) atoms. The first-order valence-electron chi connectivity index (χ1n) is 10.1. The predicted octanol–water partition coefficient (Wildman–Crippen LogP) is 4.82. The normalized spacial score (nSPS) is 16.5. The lowest BCUT2D eigenvalue weighted by Gasteiger charge is -2.32. The SMILES string of the molecule is C[C@@H](Sc1nnc(-c2cccs2)n1-c1ccccc1)C(=O)NC1(C#N)CCCCC1. The highest BCUT2D eigenvalue weighted by atomic mass is 32.2. The van der Waals surface area contributed by atoms with E-state index in [-0.39, 0.29) is 5.91 Å². The Morgan fingerprint density at radius 1 is 1.20 bits per heavy atom. The highest BCUT2D eigenvalue weighted by molar-refractivity contribution is 8.00. The van der Waals surface area contributed by atoms with Crippen LogP contribution in [0.4, 0.5) is 0 Å². The number of benzene rings is 1. The van der Waals surface area contributed by atoms with Crippen LogP contribution in [0.15, 0.2) is 53.0 Å². The number of hydrogen-bond acceptors (Lipinski definition) is 6. The van der Waals surface area contributed by atoms with Crippen LogP contribution >= 0.6 is 23.1 Å². The molecule has 4 rings (SSSR count). The molecular weight excluding hydrogens is 414 g/mol. The first-order chi connectivity index (χ1) is 14.6. The van der Waals surface area contributed by atoms with E-state index in [1.54, 1.807) is 11.3 Å². The topological polar surface area (TPSA) is 83.6 Å². The molecule has 6 nitrogen and oxygen atoms in total. The molecule has 0 radical (unpaired) electrons. The van der Waals surface area contributed by atoms with Gasteiger partial charge in [0.05, 0.1) is 16.2 Å².